The van der Waals surface area contributed by atoms with Crippen molar-refractivity contribution in [1.82, 2.24) is 9.97 Å². The molecule has 4 nitrogen and oxygen atoms in total. The molecule has 0 saturated heterocycles. The SMILES string of the molecule is CCc1nc(N)cc(NCCc2cccc(F)c2)n1. The van der Waals surface area contributed by atoms with Gasteiger partial charge in [-0.05, 0) is 24.1 Å². The molecule has 3 N–H and O–H groups in total. The van der Waals surface area contributed by atoms with Crippen molar-refractivity contribution in [1.29, 1.82) is 0 Å². The molecule has 2 aromatic rings. The maximum Gasteiger partial charge on any atom is 0.132 e. The Hall–Kier alpha value is -2.17. The van der Waals surface area contributed by atoms with Crippen LogP contribution in [-0.2, 0) is 12.8 Å². The molecule has 0 unspecified atom stereocenters. The van der Waals surface area contributed by atoms with Crippen LogP contribution >= 0.6 is 0 Å². The number of benzene rings is 1. The van der Waals surface area contributed by atoms with Gasteiger partial charge in [0.15, 0.2) is 0 Å². The molecule has 0 saturated carbocycles. The first-order valence-electron chi connectivity index (χ1n) is 6.29. The van der Waals surface area contributed by atoms with Crippen molar-refractivity contribution in [3.8, 4) is 0 Å². The number of aryl methyl sites for hydroxylation is 1. The summed E-state index contributed by atoms with van der Waals surface area (Å²) in [6, 6.07) is 8.28. The summed E-state index contributed by atoms with van der Waals surface area (Å²) in [5.41, 5.74) is 6.65. The summed E-state index contributed by atoms with van der Waals surface area (Å²) in [5.74, 6) is 1.67. The van der Waals surface area contributed by atoms with Gasteiger partial charge in [-0.3, -0.25) is 0 Å². The lowest BCUT2D eigenvalue weighted by atomic mass is 10.1. The summed E-state index contributed by atoms with van der Waals surface area (Å²) in [6.45, 7) is 2.65. The largest absolute Gasteiger partial charge is 0.384 e. The molecule has 0 fully saturated rings. The Morgan fingerprint density at radius 1 is 1.26 bits per heavy atom. The van der Waals surface area contributed by atoms with E-state index >= 15 is 0 Å². The van der Waals surface area contributed by atoms with Gasteiger partial charge in [0.2, 0.25) is 0 Å². The molecule has 1 aromatic carbocycles. The van der Waals surface area contributed by atoms with Gasteiger partial charge in [0.1, 0.15) is 23.3 Å². The minimum Gasteiger partial charge on any atom is -0.384 e. The maximum atomic E-state index is 13.0. The second-order valence-corrected chi connectivity index (χ2v) is 4.25. The van der Waals surface area contributed by atoms with E-state index in [4.69, 9.17) is 5.73 Å². The number of hydrogen-bond donors (Lipinski definition) is 2. The second-order valence-electron chi connectivity index (χ2n) is 4.25. The molecular weight excluding hydrogens is 243 g/mol. The van der Waals surface area contributed by atoms with Gasteiger partial charge in [-0.15, -0.1) is 0 Å². The fourth-order valence-electron chi connectivity index (χ4n) is 1.79. The number of nitrogens with one attached hydrogen (secondary N) is 1. The first kappa shape index (κ1) is 13.3. The first-order chi connectivity index (χ1) is 9.17. The van der Waals surface area contributed by atoms with Crippen LogP contribution in [0.25, 0.3) is 0 Å². The molecule has 0 bridgehead atoms. The van der Waals surface area contributed by atoms with Crippen molar-refractivity contribution >= 4 is 11.6 Å². The molecule has 19 heavy (non-hydrogen) atoms. The molecule has 0 spiro atoms. The Kier molecular flexibility index (Phi) is 4.28. The van der Waals surface area contributed by atoms with Gasteiger partial charge in [0.05, 0.1) is 0 Å². The third kappa shape index (κ3) is 3.91. The lowest BCUT2D eigenvalue weighted by Gasteiger charge is -2.07. The summed E-state index contributed by atoms with van der Waals surface area (Å²) in [5, 5.41) is 3.17. The highest BCUT2D eigenvalue weighted by Crippen LogP contribution is 2.09. The zero-order valence-electron chi connectivity index (χ0n) is 10.9. The van der Waals surface area contributed by atoms with Gasteiger partial charge in [-0.25, -0.2) is 14.4 Å². The van der Waals surface area contributed by atoms with E-state index in [-0.39, 0.29) is 5.82 Å². The average molecular weight is 260 g/mol. The van der Waals surface area contributed by atoms with Gasteiger partial charge in [0, 0.05) is 19.0 Å². The van der Waals surface area contributed by atoms with Crippen LogP contribution in [0.15, 0.2) is 30.3 Å². The number of aromatic nitrogens is 2. The molecule has 0 aliphatic heterocycles. The molecule has 0 radical (unpaired) electrons. The lowest BCUT2D eigenvalue weighted by Crippen LogP contribution is -2.09. The van der Waals surface area contributed by atoms with Gasteiger partial charge < -0.3 is 11.1 Å². The van der Waals surface area contributed by atoms with Crippen LogP contribution in [0.2, 0.25) is 0 Å². The summed E-state index contributed by atoms with van der Waals surface area (Å²) in [7, 11) is 0. The highest BCUT2D eigenvalue weighted by Gasteiger charge is 2.01. The van der Waals surface area contributed by atoms with Crippen molar-refractivity contribution in [2.24, 2.45) is 0 Å². The molecule has 0 aliphatic rings. The Labute approximate surface area is 111 Å². The number of nitrogen functional groups attached to an aromatic ring is 1. The van der Waals surface area contributed by atoms with Gasteiger partial charge in [-0.1, -0.05) is 19.1 Å². The summed E-state index contributed by atoms with van der Waals surface area (Å²) < 4.78 is 13.0. The normalized spacial score (nSPS) is 10.4. The van der Waals surface area contributed by atoms with Gasteiger partial charge in [-0.2, -0.15) is 0 Å². The van der Waals surface area contributed by atoms with E-state index in [9.17, 15) is 4.39 Å². The Bertz CT molecular complexity index is 557. The standard InChI is InChI=1S/C14H17FN4/c1-2-13-18-12(16)9-14(19-13)17-7-6-10-4-3-5-11(15)8-10/h3-5,8-9H,2,6-7H2,1H3,(H3,16,17,18,19). The van der Waals surface area contributed by atoms with E-state index < -0.39 is 0 Å². The Morgan fingerprint density at radius 3 is 2.84 bits per heavy atom. The predicted molar refractivity (Wildman–Crippen MR) is 74.4 cm³/mol. The molecule has 0 amide bonds. The van der Waals surface area contributed by atoms with Crippen molar-refractivity contribution in [3.05, 3.63) is 47.5 Å². The molecule has 2 rings (SSSR count). The first-order valence-corrected chi connectivity index (χ1v) is 6.29. The fraction of sp³-hybridized carbons (Fsp3) is 0.286. The van der Waals surface area contributed by atoms with Crippen molar-refractivity contribution in [2.45, 2.75) is 19.8 Å². The molecule has 1 aromatic heterocycles. The van der Waals surface area contributed by atoms with E-state index in [1.165, 1.54) is 12.1 Å². The highest BCUT2D eigenvalue weighted by molar-refractivity contribution is 5.44. The Balaban J connectivity index is 1.94. The number of anilines is 2. The summed E-state index contributed by atoms with van der Waals surface area (Å²) in [4.78, 5) is 8.43. The molecule has 0 atom stereocenters. The third-order valence-electron chi connectivity index (χ3n) is 2.72. The zero-order valence-corrected chi connectivity index (χ0v) is 10.9. The van der Waals surface area contributed by atoms with E-state index in [1.807, 2.05) is 13.0 Å². The predicted octanol–water partition coefficient (Wildman–Crippen LogP) is 2.41. The number of nitrogens with zero attached hydrogens (tertiary/aromatic N) is 2. The van der Waals surface area contributed by atoms with Gasteiger partial charge >= 0.3 is 0 Å². The van der Waals surface area contributed by atoms with Crippen LogP contribution in [0.4, 0.5) is 16.0 Å². The van der Waals surface area contributed by atoms with E-state index in [0.717, 1.165) is 18.4 Å². The summed E-state index contributed by atoms with van der Waals surface area (Å²) >= 11 is 0. The number of halogens is 1. The van der Waals surface area contributed by atoms with Crippen molar-refractivity contribution in [2.75, 3.05) is 17.6 Å². The van der Waals surface area contributed by atoms with Crippen molar-refractivity contribution < 1.29 is 4.39 Å². The average Bonchev–Trinajstić information content (AvgIpc) is 2.38. The number of nitrogens with two attached hydrogens (primary N) is 1. The lowest BCUT2D eigenvalue weighted by molar-refractivity contribution is 0.625. The Morgan fingerprint density at radius 2 is 2.11 bits per heavy atom. The van der Waals surface area contributed by atoms with Crippen LogP contribution < -0.4 is 11.1 Å². The minimum absolute atomic E-state index is 0.211. The molecule has 5 heteroatoms. The molecule has 0 aliphatic carbocycles. The minimum atomic E-state index is -0.211. The fourth-order valence-corrected chi connectivity index (χ4v) is 1.79. The van der Waals surface area contributed by atoms with E-state index in [1.54, 1.807) is 12.1 Å². The number of rotatable bonds is 5. The monoisotopic (exact) mass is 260 g/mol. The topological polar surface area (TPSA) is 63.8 Å². The second kappa shape index (κ2) is 6.13. The molecular formula is C14H17FN4. The van der Waals surface area contributed by atoms with Crippen LogP contribution in [0, 0.1) is 5.82 Å². The van der Waals surface area contributed by atoms with Crippen LogP contribution in [-0.4, -0.2) is 16.5 Å². The summed E-state index contributed by atoms with van der Waals surface area (Å²) in [6.07, 6.45) is 1.47. The maximum absolute atomic E-state index is 13.0. The van der Waals surface area contributed by atoms with Crippen LogP contribution in [0.3, 0.4) is 0 Å². The zero-order chi connectivity index (χ0) is 13.7. The van der Waals surface area contributed by atoms with Crippen LogP contribution in [0.1, 0.15) is 18.3 Å². The van der Waals surface area contributed by atoms with Crippen LogP contribution in [0.5, 0.6) is 0 Å². The molecule has 1 heterocycles. The quantitative estimate of drug-likeness (QED) is 0.866. The van der Waals surface area contributed by atoms with Gasteiger partial charge in [0.25, 0.3) is 0 Å². The smallest absolute Gasteiger partial charge is 0.132 e. The van der Waals surface area contributed by atoms with E-state index in [2.05, 4.69) is 15.3 Å². The third-order valence-corrected chi connectivity index (χ3v) is 2.72. The molecule has 100 valence electrons. The van der Waals surface area contributed by atoms with E-state index in [0.29, 0.717) is 24.0 Å². The number of hydrogen-bond acceptors (Lipinski definition) is 4. The van der Waals surface area contributed by atoms with Crippen molar-refractivity contribution in [3.63, 3.8) is 0 Å². The highest BCUT2D eigenvalue weighted by atomic mass is 19.1.